The van der Waals surface area contributed by atoms with E-state index in [9.17, 15) is 4.79 Å². The van der Waals surface area contributed by atoms with Crippen LogP contribution >= 0.6 is 0 Å². The first-order valence-corrected chi connectivity index (χ1v) is 8.05. The molecule has 1 aromatic carbocycles. The molecule has 0 radical (unpaired) electrons. The van der Waals surface area contributed by atoms with Crippen molar-refractivity contribution in [2.24, 2.45) is 0 Å². The number of morpholine rings is 1. The lowest BCUT2D eigenvalue weighted by atomic mass is 10.1. The van der Waals surface area contributed by atoms with Crippen LogP contribution in [0.15, 0.2) is 34.9 Å². The first-order chi connectivity index (χ1) is 11.2. The predicted molar refractivity (Wildman–Crippen MR) is 81.9 cm³/mol. The summed E-state index contributed by atoms with van der Waals surface area (Å²) in [4.78, 5) is 19.2. The summed E-state index contributed by atoms with van der Waals surface area (Å²) in [6.45, 7) is 2.97. The zero-order chi connectivity index (χ0) is 15.8. The highest BCUT2D eigenvalue weighted by Gasteiger charge is 2.39. The van der Waals surface area contributed by atoms with Gasteiger partial charge in [0.1, 0.15) is 6.04 Å². The topological polar surface area (TPSA) is 68.5 Å². The molecule has 4 rings (SSSR count). The number of benzene rings is 1. The minimum atomic E-state index is -0.337. The summed E-state index contributed by atoms with van der Waals surface area (Å²) >= 11 is 0. The largest absolute Gasteiger partial charge is 0.374 e. The Morgan fingerprint density at radius 1 is 1.26 bits per heavy atom. The molecule has 0 unspecified atom stereocenters. The molecule has 1 saturated heterocycles. The number of carbonyl (C=O) groups excluding carboxylic acids is 1. The molecule has 1 aliphatic heterocycles. The molecule has 1 aromatic heterocycles. The second-order valence-electron chi connectivity index (χ2n) is 6.15. The van der Waals surface area contributed by atoms with Crippen molar-refractivity contribution in [3.63, 3.8) is 0 Å². The van der Waals surface area contributed by atoms with Gasteiger partial charge in [-0.2, -0.15) is 4.98 Å². The average Bonchev–Trinajstić information content (AvgIpc) is 3.33. The summed E-state index contributed by atoms with van der Waals surface area (Å²) in [6, 6.07) is 8.94. The molecule has 2 aromatic rings. The fraction of sp³-hybridized carbons (Fsp3) is 0.471. The molecule has 0 N–H and O–H groups in total. The van der Waals surface area contributed by atoms with E-state index in [1.807, 2.05) is 37.3 Å². The van der Waals surface area contributed by atoms with Crippen LogP contribution < -0.4 is 0 Å². The van der Waals surface area contributed by atoms with E-state index in [-0.39, 0.29) is 18.1 Å². The van der Waals surface area contributed by atoms with Gasteiger partial charge in [0.25, 0.3) is 11.8 Å². The third kappa shape index (κ3) is 2.74. The number of ether oxygens (including phenoxy) is 1. The standard InChI is InChI=1S/C17H19N3O3/c1-11-14(16-18-15(19-23-16)12-7-8-12)20(9-10-22-11)17(21)13-5-3-2-4-6-13/h2-6,11-12,14H,7-10H2,1H3/t11-,14+/m1/s1. The number of aromatic nitrogens is 2. The number of rotatable bonds is 3. The van der Waals surface area contributed by atoms with Gasteiger partial charge in [-0.3, -0.25) is 4.79 Å². The van der Waals surface area contributed by atoms with Crippen LogP contribution in [0.5, 0.6) is 0 Å². The Kier molecular flexibility index (Phi) is 3.61. The highest BCUT2D eigenvalue weighted by Crippen LogP contribution is 2.39. The van der Waals surface area contributed by atoms with Crippen molar-refractivity contribution in [1.29, 1.82) is 0 Å². The molecule has 6 nitrogen and oxygen atoms in total. The summed E-state index contributed by atoms with van der Waals surface area (Å²) in [5, 5.41) is 4.07. The van der Waals surface area contributed by atoms with Crippen LogP contribution in [-0.2, 0) is 4.74 Å². The number of carbonyl (C=O) groups is 1. The number of hydrogen-bond acceptors (Lipinski definition) is 5. The van der Waals surface area contributed by atoms with Crippen LogP contribution in [0, 0.1) is 0 Å². The molecule has 2 atom stereocenters. The summed E-state index contributed by atoms with van der Waals surface area (Å²) < 4.78 is 11.2. The molecule has 1 aliphatic carbocycles. The highest BCUT2D eigenvalue weighted by molar-refractivity contribution is 5.94. The number of amides is 1. The Labute approximate surface area is 134 Å². The molecule has 2 heterocycles. The first-order valence-electron chi connectivity index (χ1n) is 8.05. The van der Waals surface area contributed by atoms with Gasteiger partial charge in [-0.1, -0.05) is 23.4 Å². The Bertz CT molecular complexity index is 696. The van der Waals surface area contributed by atoms with Crippen molar-refractivity contribution in [3.8, 4) is 0 Å². The average molecular weight is 313 g/mol. The van der Waals surface area contributed by atoms with E-state index in [0.717, 1.165) is 18.7 Å². The Morgan fingerprint density at radius 3 is 2.78 bits per heavy atom. The Morgan fingerprint density at radius 2 is 2.04 bits per heavy atom. The van der Waals surface area contributed by atoms with Crippen molar-refractivity contribution in [2.75, 3.05) is 13.2 Å². The van der Waals surface area contributed by atoms with Crippen LogP contribution in [0.3, 0.4) is 0 Å². The van der Waals surface area contributed by atoms with Gasteiger partial charge in [-0.05, 0) is 31.9 Å². The van der Waals surface area contributed by atoms with Gasteiger partial charge in [0, 0.05) is 18.0 Å². The third-order valence-corrected chi connectivity index (χ3v) is 4.43. The molecular formula is C17H19N3O3. The van der Waals surface area contributed by atoms with E-state index in [4.69, 9.17) is 9.26 Å². The number of hydrogen-bond donors (Lipinski definition) is 0. The molecular weight excluding hydrogens is 294 g/mol. The van der Waals surface area contributed by atoms with Crippen molar-refractivity contribution in [3.05, 3.63) is 47.6 Å². The molecule has 2 aliphatic rings. The van der Waals surface area contributed by atoms with E-state index in [0.29, 0.717) is 30.5 Å². The lowest BCUT2D eigenvalue weighted by Crippen LogP contribution is -2.47. The number of nitrogens with zero attached hydrogens (tertiary/aromatic N) is 3. The maximum atomic E-state index is 12.9. The Balaban J connectivity index is 1.64. The normalized spacial score (nSPS) is 24.7. The monoisotopic (exact) mass is 313 g/mol. The first kappa shape index (κ1) is 14.4. The van der Waals surface area contributed by atoms with Crippen molar-refractivity contribution >= 4 is 5.91 Å². The minimum absolute atomic E-state index is 0.0306. The van der Waals surface area contributed by atoms with Crippen LogP contribution in [0.25, 0.3) is 0 Å². The maximum Gasteiger partial charge on any atom is 0.254 e. The lowest BCUT2D eigenvalue weighted by Gasteiger charge is -2.37. The molecule has 6 heteroatoms. The smallest absolute Gasteiger partial charge is 0.254 e. The molecule has 1 saturated carbocycles. The predicted octanol–water partition coefficient (Wildman–Crippen LogP) is 2.55. The van der Waals surface area contributed by atoms with Crippen LogP contribution in [0.1, 0.15) is 53.8 Å². The zero-order valence-electron chi connectivity index (χ0n) is 13.0. The quantitative estimate of drug-likeness (QED) is 0.871. The van der Waals surface area contributed by atoms with Gasteiger partial charge < -0.3 is 14.2 Å². The van der Waals surface area contributed by atoms with Crippen LogP contribution in [-0.4, -0.2) is 40.2 Å². The second-order valence-corrected chi connectivity index (χ2v) is 6.15. The van der Waals surface area contributed by atoms with E-state index >= 15 is 0 Å². The van der Waals surface area contributed by atoms with Crippen LogP contribution in [0.4, 0.5) is 0 Å². The summed E-state index contributed by atoms with van der Waals surface area (Å²) in [5.74, 6) is 1.62. The molecule has 0 spiro atoms. The molecule has 120 valence electrons. The third-order valence-electron chi connectivity index (χ3n) is 4.43. The second kappa shape index (κ2) is 5.77. The fourth-order valence-electron chi connectivity index (χ4n) is 3.00. The van der Waals surface area contributed by atoms with Gasteiger partial charge in [0.2, 0.25) is 0 Å². The minimum Gasteiger partial charge on any atom is -0.374 e. The van der Waals surface area contributed by atoms with E-state index in [1.54, 1.807) is 4.90 Å². The van der Waals surface area contributed by atoms with Gasteiger partial charge in [0.05, 0.1) is 12.7 Å². The van der Waals surface area contributed by atoms with Gasteiger partial charge in [-0.15, -0.1) is 0 Å². The summed E-state index contributed by atoms with van der Waals surface area (Å²) in [7, 11) is 0. The SMILES string of the molecule is C[C@H]1OCCN(C(=O)c2ccccc2)[C@@H]1c1nc(C2CC2)no1. The summed E-state index contributed by atoms with van der Waals surface area (Å²) in [5.41, 5.74) is 0.661. The van der Waals surface area contributed by atoms with Gasteiger partial charge >= 0.3 is 0 Å². The zero-order valence-corrected chi connectivity index (χ0v) is 13.0. The molecule has 1 amide bonds. The Hall–Kier alpha value is -2.21. The van der Waals surface area contributed by atoms with E-state index < -0.39 is 0 Å². The fourth-order valence-corrected chi connectivity index (χ4v) is 3.00. The molecule has 2 fully saturated rings. The van der Waals surface area contributed by atoms with Crippen molar-refractivity contribution in [2.45, 2.75) is 37.8 Å². The summed E-state index contributed by atoms with van der Waals surface area (Å²) in [6.07, 6.45) is 2.05. The van der Waals surface area contributed by atoms with Crippen LogP contribution in [0.2, 0.25) is 0 Å². The van der Waals surface area contributed by atoms with Gasteiger partial charge in [-0.25, -0.2) is 0 Å². The van der Waals surface area contributed by atoms with Gasteiger partial charge in [0.15, 0.2) is 5.82 Å². The molecule has 23 heavy (non-hydrogen) atoms. The lowest BCUT2D eigenvalue weighted by molar-refractivity contribution is -0.0600. The van der Waals surface area contributed by atoms with E-state index in [1.165, 1.54) is 0 Å². The highest BCUT2D eigenvalue weighted by atomic mass is 16.5. The molecule has 0 bridgehead atoms. The van der Waals surface area contributed by atoms with E-state index in [2.05, 4.69) is 10.1 Å². The van der Waals surface area contributed by atoms with Crippen molar-refractivity contribution < 1.29 is 14.1 Å². The van der Waals surface area contributed by atoms with Crippen molar-refractivity contribution in [1.82, 2.24) is 15.0 Å². The maximum absolute atomic E-state index is 12.9.